The molecule has 0 radical (unpaired) electrons. The van der Waals surface area contributed by atoms with Crippen molar-refractivity contribution in [2.75, 3.05) is 0 Å². The molecule has 0 aliphatic carbocycles. The molecule has 0 spiro atoms. The predicted octanol–water partition coefficient (Wildman–Crippen LogP) is 1.40. The van der Waals surface area contributed by atoms with Gasteiger partial charge in [0.15, 0.2) is 9.84 Å². The first-order valence-corrected chi connectivity index (χ1v) is 7.50. The first kappa shape index (κ1) is 14.3. The van der Waals surface area contributed by atoms with Gasteiger partial charge in [0.1, 0.15) is 0 Å². The minimum atomic E-state index is -3.54. The van der Waals surface area contributed by atoms with Crippen LogP contribution in [0.3, 0.4) is 0 Å². The lowest BCUT2D eigenvalue weighted by atomic mass is 10.1. The second-order valence-electron chi connectivity index (χ2n) is 4.53. The molecular weight excluding hydrogens is 280 g/mol. The first-order valence-electron chi connectivity index (χ1n) is 5.85. The van der Waals surface area contributed by atoms with Gasteiger partial charge in [-0.3, -0.25) is 4.68 Å². The zero-order valence-corrected chi connectivity index (χ0v) is 11.9. The molecule has 7 heteroatoms. The van der Waals surface area contributed by atoms with Crippen LogP contribution in [0, 0.1) is 6.92 Å². The van der Waals surface area contributed by atoms with Crippen molar-refractivity contribution in [1.82, 2.24) is 9.78 Å². The quantitative estimate of drug-likeness (QED) is 0.920. The van der Waals surface area contributed by atoms with Gasteiger partial charge in [-0.15, -0.1) is 0 Å². The Kier molecular flexibility index (Phi) is 3.63. The van der Waals surface area contributed by atoms with E-state index in [2.05, 4.69) is 5.10 Å². The molecule has 1 aromatic heterocycles. The van der Waals surface area contributed by atoms with Gasteiger partial charge in [0, 0.05) is 13.2 Å². The van der Waals surface area contributed by atoms with Crippen LogP contribution in [0.1, 0.15) is 21.6 Å². The molecule has 0 unspecified atom stereocenters. The summed E-state index contributed by atoms with van der Waals surface area (Å²) in [5.74, 6) is -1.29. The highest BCUT2D eigenvalue weighted by Gasteiger charge is 2.20. The molecule has 0 saturated heterocycles. The highest BCUT2D eigenvalue weighted by Crippen LogP contribution is 2.21. The number of aryl methyl sites for hydroxylation is 2. The number of sulfone groups is 1. The largest absolute Gasteiger partial charge is 0.478 e. The molecule has 0 atom stereocenters. The lowest BCUT2D eigenvalue weighted by molar-refractivity contribution is 0.0696. The number of aromatic nitrogens is 2. The number of carboxylic acids is 1. The zero-order valence-electron chi connectivity index (χ0n) is 11.1. The van der Waals surface area contributed by atoms with E-state index < -0.39 is 15.8 Å². The van der Waals surface area contributed by atoms with Crippen molar-refractivity contribution in [3.8, 4) is 0 Å². The van der Waals surface area contributed by atoms with E-state index in [9.17, 15) is 13.2 Å². The summed E-state index contributed by atoms with van der Waals surface area (Å²) in [6, 6.07) is 5.61. The standard InChI is InChI=1S/C13H14N2O4S/c1-9-7-10(13(16)17)3-4-12(9)20(18,19)8-11-5-6-15(2)14-11/h3-7H,8H2,1-2H3,(H,16,17). The number of carbonyl (C=O) groups is 1. The molecule has 0 fully saturated rings. The van der Waals surface area contributed by atoms with E-state index in [-0.39, 0.29) is 16.2 Å². The Morgan fingerprint density at radius 2 is 2.05 bits per heavy atom. The van der Waals surface area contributed by atoms with Crippen LogP contribution in [0.15, 0.2) is 35.4 Å². The molecule has 106 valence electrons. The lowest BCUT2D eigenvalue weighted by Crippen LogP contribution is -2.09. The van der Waals surface area contributed by atoms with E-state index in [1.54, 1.807) is 26.2 Å². The van der Waals surface area contributed by atoms with Gasteiger partial charge in [0.25, 0.3) is 0 Å². The van der Waals surface area contributed by atoms with Crippen molar-refractivity contribution in [3.63, 3.8) is 0 Å². The number of hydrogen-bond donors (Lipinski definition) is 1. The van der Waals surface area contributed by atoms with Gasteiger partial charge < -0.3 is 5.11 Å². The Morgan fingerprint density at radius 3 is 2.55 bits per heavy atom. The minimum Gasteiger partial charge on any atom is -0.478 e. The van der Waals surface area contributed by atoms with Crippen molar-refractivity contribution in [2.24, 2.45) is 7.05 Å². The Morgan fingerprint density at radius 1 is 1.35 bits per heavy atom. The minimum absolute atomic E-state index is 0.0688. The topological polar surface area (TPSA) is 89.3 Å². The number of aromatic carboxylic acids is 1. The first-order chi connectivity index (χ1) is 9.29. The monoisotopic (exact) mass is 294 g/mol. The maximum Gasteiger partial charge on any atom is 0.335 e. The molecule has 0 bridgehead atoms. The maximum absolute atomic E-state index is 12.3. The SMILES string of the molecule is Cc1cc(C(=O)O)ccc1S(=O)(=O)Cc1ccn(C)n1. The summed E-state index contributed by atoms with van der Waals surface area (Å²) in [7, 11) is -1.83. The maximum atomic E-state index is 12.3. The summed E-state index contributed by atoms with van der Waals surface area (Å²) in [5.41, 5.74) is 0.939. The Bertz CT molecular complexity index is 762. The van der Waals surface area contributed by atoms with Crippen LogP contribution in [-0.4, -0.2) is 29.3 Å². The van der Waals surface area contributed by atoms with Gasteiger partial charge in [0.05, 0.1) is 21.9 Å². The second kappa shape index (κ2) is 5.09. The van der Waals surface area contributed by atoms with Gasteiger partial charge in [0.2, 0.25) is 0 Å². The van der Waals surface area contributed by atoms with E-state index >= 15 is 0 Å². The van der Waals surface area contributed by atoms with Crippen molar-refractivity contribution in [2.45, 2.75) is 17.6 Å². The number of carboxylic acid groups (broad SMARTS) is 1. The number of hydrogen-bond acceptors (Lipinski definition) is 4. The van der Waals surface area contributed by atoms with E-state index in [1.807, 2.05) is 0 Å². The number of nitrogens with zero attached hydrogens (tertiary/aromatic N) is 2. The normalized spacial score (nSPS) is 11.5. The van der Waals surface area contributed by atoms with Gasteiger partial charge in [-0.2, -0.15) is 5.10 Å². The molecule has 1 heterocycles. The number of benzene rings is 1. The second-order valence-corrected chi connectivity index (χ2v) is 6.48. The molecule has 20 heavy (non-hydrogen) atoms. The fraction of sp³-hybridized carbons (Fsp3) is 0.231. The van der Waals surface area contributed by atoms with Crippen molar-refractivity contribution in [3.05, 3.63) is 47.3 Å². The molecule has 2 rings (SSSR count). The van der Waals surface area contributed by atoms with Gasteiger partial charge in [-0.25, -0.2) is 13.2 Å². The summed E-state index contributed by atoms with van der Waals surface area (Å²) < 4.78 is 26.2. The Labute approximate surface area is 116 Å². The third-order valence-corrected chi connectivity index (χ3v) is 4.67. The molecular formula is C13H14N2O4S. The van der Waals surface area contributed by atoms with E-state index in [0.717, 1.165) is 0 Å². The van der Waals surface area contributed by atoms with Crippen molar-refractivity contribution in [1.29, 1.82) is 0 Å². The van der Waals surface area contributed by atoms with E-state index in [0.29, 0.717) is 11.3 Å². The van der Waals surface area contributed by atoms with Crippen molar-refractivity contribution < 1.29 is 18.3 Å². The van der Waals surface area contributed by atoms with E-state index in [1.165, 1.54) is 22.9 Å². The summed E-state index contributed by atoms with van der Waals surface area (Å²) in [6.45, 7) is 1.58. The zero-order chi connectivity index (χ0) is 14.9. The molecule has 2 aromatic rings. The Hall–Kier alpha value is -2.15. The summed E-state index contributed by atoms with van der Waals surface area (Å²) in [4.78, 5) is 11.0. The van der Waals surface area contributed by atoms with Crippen molar-refractivity contribution >= 4 is 15.8 Å². The average Bonchev–Trinajstić information content (AvgIpc) is 2.73. The number of rotatable bonds is 4. The molecule has 0 aliphatic heterocycles. The summed E-state index contributed by atoms with van der Waals surface area (Å²) in [6.07, 6.45) is 1.67. The predicted molar refractivity (Wildman–Crippen MR) is 72.2 cm³/mol. The molecule has 1 N–H and O–H groups in total. The van der Waals surface area contributed by atoms with Crippen LogP contribution in [0.4, 0.5) is 0 Å². The lowest BCUT2D eigenvalue weighted by Gasteiger charge is -2.07. The highest BCUT2D eigenvalue weighted by atomic mass is 32.2. The third-order valence-electron chi connectivity index (χ3n) is 2.86. The highest BCUT2D eigenvalue weighted by molar-refractivity contribution is 7.90. The third kappa shape index (κ3) is 2.88. The molecule has 0 aliphatic rings. The van der Waals surface area contributed by atoms with Gasteiger partial charge >= 0.3 is 5.97 Å². The summed E-state index contributed by atoms with van der Waals surface area (Å²) >= 11 is 0. The molecule has 1 aromatic carbocycles. The van der Waals surface area contributed by atoms with Crippen LogP contribution < -0.4 is 0 Å². The average molecular weight is 294 g/mol. The molecule has 6 nitrogen and oxygen atoms in total. The Balaban J connectivity index is 2.37. The van der Waals surface area contributed by atoms with Crippen LogP contribution in [-0.2, 0) is 22.6 Å². The van der Waals surface area contributed by atoms with Crippen LogP contribution >= 0.6 is 0 Å². The molecule has 0 saturated carbocycles. The van der Waals surface area contributed by atoms with Crippen LogP contribution in [0.25, 0.3) is 0 Å². The molecule has 0 amide bonds. The fourth-order valence-corrected chi connectivity index (χ4v) is 3.47. The van der Waals surface area contributed by atoms with Crippen LogP contribution in [0.2, 0.25) is 0 Å². The van der Waals surface area contributed by atoms with E-state index in [4.69, 9.17) is 5.11 Å². The smallest absolute Gasteiger partial charge is 0.335 e. The fourth-order valence-electron chi connectivity index (χ4n) is 1.94. The summed E-state index contributed by atoms with van der Waals surface area (Å²) in [5, 5.41) is 12.9. The van der Waals surface area contributed by atoms with Gasteiger partial charge in [-0.1, -0.05) is 0 Å². The van der Waals surface area contributed by atoms with Crippen LogP contribution in [0.5, 0.6) is 0 Å². The van der Waals surface area contributed by atoms with Gasteiger partial charge in [-0.05, 0) is 36.8 Å².